The fraction of sp³-hybridized carbons (Fsp3) is 0.263. The number of hydrazone groups is 1. The van der Waals surface area contributed by atoms with Gasteiger partial charge in [-0.2, -0.15) is 5.10 Å². The first kappa shape index (κ1) is 19.1. The lowest BCUT2D eigenvalue weighted by atomic mass is 10.2. The number of benzene rings is 2. The first-order valence-corrected chi connectivity index (χ1v) is 10.2. The molecule has 1 fully saturated rings. The van der Waals surface area contributed by atoms with Crippen LogP contribution in [0.3, 0.4) is 0 Å². The molecule has 1 aliphatic rings. The van der Waals surface area contributed by atoms with E-state index in [2.05, 4.69) is 15.2 Å². The number of aromatic hydroxyl groups is 1. The third-order valence-corrected chi connectivity index (χ3v) is 5.73. The molecule has 2 aromatic carbocycles. The lowest BCUT2D eigenvalue weighted by Gasteiger charge is -2.09. The summed E-state index contributed by atoms with van der Waals surface area (Å²) in [5, 5.41) is 14.0. The summed E-state index contributed by atoms with van der Waals surface area (Å²) in [7, 11) is -3.84. The minimum atomic E-state index is -3.84. The number of carbonyl (C=O) groups excluding carboxylic acids is 1. The molecule has 0 aromatic heterocycles. The molecule has 3 N–H and O–H groups in total. The van der Waals surface area contributed by atoms with Crippen LogP contribution in [0.5, 0.6) is 5.75 Å². The molecule has 142 valence electrons. The molecule has 8 heteroatoms. The van der Waals surface area contributed by atoms with Crippen LogP contribution in [0.25, 0.3) is 0 Å². The molecule has 0 unspecified atom stereocenters. The Morgan fingerprint density at radius 3 is 2.48 bits per heavy atom. The van der Waals surface area contributed by atoms with E-state index in [9.17, 15) is 18.3 Å². The van der Waals surface area contributed by atoms with Crippen molar-refractivity contribution < 1.29 is 18.3 Å². The van der Waals surface area contributed by atoms with Gasteiger partial charge >= 0.3 is 0 Å². The number of rotatable bonds is 6. The van der Waals surface area contributed by atoms with Crippen molar-refractivity contribution in [3.8, 4) is 5.75 Å². The standard InChI is InChI=1S/C19H21N3O4S/c23-18-11-10-16(27(25,26)20-13-14-6-2-1-3-7-14)12-17(18)19(24)22-21-15-8-4-5-9-15/h1-3,6-7,10-12,20,23H,4-5,8-9,13H2,(H,22,24). The Balaban J connectivity index is 1.75. The zero-order valence-corrected chi connectivity index (χ0v) is 15.5. The first-order valence-electron chi connectivity index (χ1n) is 8.68. The van der Waals surface area contributed by atoms with Gasteiger partial charge in [-0.05, 0) is 49.4 Å². The average molecular weight is 387 g/mol. The van der Waals surface area contributed by atoms with Crippen LogP contribution in [0.4, 0.5) is 0 Å². The number of nitrogens with one attached hydrogen (secondary N) is 2. The summed E-state index contributed by atoms with van der Waals surface area (Å²) in [4.78, 5) is 12.2. The van der Waals surface area contributed by atoms with Crippen molar-refractivity contribution in [1.29, 1.82) is 0 Å². The maximum absolute atomic E-state index is 12.5. The molecule has 1 aliphatic carbocycles. The first-order chi connectivity index (χ1) is 13.0. The van der Waals surface area contributed by atoms with Crippen LogP contribution in [0.2, 0.25) is 0 Å². The quantitative estimate of drug-likeness (QED) is 0.662. The number of phenolic OH excluding ortho intramolecular Hbond substituents is 1. The highest BCUT2D eigenvalue weighted by Gasteiger charge is 2.19. The third-order valence-electron chi connectivity index (χ3n) is 4.33. The van der Waals surface area contributed by atoms with E-state index < -0.39 is 15.9 Å². The molecule has 1 saturated carbocycles. The van der Waals surface area contributed by atoms with E-state index in [1.807, 2.05) is 18.2 Å². The topological polar surface area (TPSA) is 108 Å². The van der Waals surface area contributed by atoms with E-state index in [-0.39, 0.29) is 22.8 Å². The predicted octanol–water partition coefficient (Wildman–Crippen LogP) is 2.53. The van der Waals surface area contributed by atoms with E-state index in [0.717, 1.165) is 43.0 Å². The SMILES string of the molecule is O=C(NN=C1CCCC1)c1cc(S(=O)(=O)NCc2ccccc2)ccc1O. The molecule has 7 nitrogen and oxygen atoms in total. The van der Waals surface area contributed by atoms with Crippen molar-refractivity contribution in [3.05, 3.63) is 59.7 Å². The van der Waals surface area contributed by atoms with Gasteiger partial charge in [0.15, 0.2) is 0 Å². The van der Waals surface area contributed by atoms with Gasteiger partial charge in [0.25, 0.3) is 5.91 Å². The lowest BCUT2D eigenvalue weighted by Crippen LogP contribution is -2.24. The summed E-state index contributed by atoms with van der Waals surface area (Å²) >= 11 is 0. The van der Waals surface area contributed by atoms with E-state index in [1.165, 1.54) is 12.1 Å². The Kier molecular flexibility index (Phi) is 5.88. The second kappa shape index (κ2) is 8.32. The van der Waals surface area contributed by atoms with Crippen molar-refractivity contribution >= 4 is 21.6 Å². The van der Waals surface area contributed by atoms with Gasteiger partial charge in [0.1, 0.15) is 5.75 Å². The van der Waals surface area contributed by atoms with Gasteiger partial charge in [-0.1, -0.05) is 30.3 Å². The predicted molar refractivity (Wildman–Crippen MR) is 102 cm³/mol. The minimum absolute atomic E-state index is 0.102. The van der Waals surface area contributed by atoms with Gasteiger partial charge in [-0.25, -0.2) is 18.6 Å². The second-order valence-electron chi connectivity index (χ2n) is 6.32. The molecule has 0 heterocycles. The van der Waals surface area contributed by atoms with Crippen molar-refractivity contribution in [1.82, 2.24) is 10.1 Å². The van der Waals surface area contributed by atoms with Crippen LogP contribution in [-0.2, 0) is 16.6 Å². The largest absolute Gasteiger partial charge is 0.507 e. The van der Waals surface area contributed by atoms with Crippen molar-refractivity contribution in [2.75, 3.05) is 0 Å². The van der Waals surface area contributed by atoms with Crippen LogP contribution in [0.1, 0.15) is 41.6 Å². The molecule has 1 amide bonds. The number of phenols is 1. The Hall–Kier alpha value is -2.71. The highest BCUT2D eigenvalue weighted by molar-refractivity contribution is 7.89. The van der Waals surface area contributed by atoms with Crippen molar-refractivity contribution in [2.24, 2.45) is 5.10 Å². The van der Waals surface area contributed by atoms with Crippen LogP contribution in [0.15, 0.2) is 58.5 Å². The maximum Gasteiger partial charge on any atom is 0.275 e. The summed E-state index contributed by atoms with van der Waals surface area (Å²) in [6.45, 7) is 0.124. The summed E-state index contributed by atoms with van der Waals surface area (Å²) in [5.41, 5.74) is 3.96. The summed E-state index contributed by atoms with van der Waals surface area (Å²) in [6, 6.07) is 12.7. The fourth-order valence-corrected chi connectivity index (χ4v) is 3.85. The summed E-state index contributed by atoms with van der Waals surface area (Å²) in [5.74, 6) is -0.951. The third kappa shape index (κ3) is 4.93. The Morgan fingerprint density at radius 2 is 1.78 bits per heavy atom. The average Bonchev–Trinajstić information content (AvgIpc) is 3.19. The molecule has 2 aromatic rings. The fourth-order valence-electron chi connectivity index (χ4n) is 2.81. The molecule has 0 bridgehead atoms. The number of amides is 1. The Labute approximate surface area is 158 Å². The Bertz CT molecular complexity index is 948. The van der Waals surface area contributed by atoms with Crippen molar-refractivity contribution in [2.45, 2.75) is 37.1 Å². The molecule has 0 spiro atoms. The maximum atomic E-state index is 12.5. The highest BCUT2D eigenvalue weighted by atomic mass is 32.2. The van der Waals surface area contributed by atoms with Gasteiger partial charge in [0.05, 0.1) is 10.5 Å². The van der Waals surface area contributed by atoms with Crippen LogP contribution < -0.4 is 10.1 Å². The summed E-state index contributed by atoms with van der Waals surface area (Å²) in [6.07, 6.45) is 3.76. The monoisotopic (exact) mass is 387 g/mol. The highest BCUT2D eigenvalue weighted by Crippen LogP contribution is 2.22. The van der Waals surface area contributed by atoms with Gasteiger partial charge in [0.2, 0.25) is 10.0 Å². The van der Waals surface area contributed by atoms with Gasteiger partial charge in [-0.3, -0.25) is 4.79 Å². The van der Waals surface area contributed by atoms with Crippen LogP contribution in [-0.4, -0.2) is 25.1 Å². The normalized spacial score (nSPS) is 14.1. The number of carbonyl (C=O) groups is 1. The molecule has 0 atom stereocenters. The van der Waals surface area contributed by atoms with E-state index in [0.29, 0.717) is 0 Å². The van der Waals surface area contributed by atoms with E-state index in [4.69, 9.17) is 0 Å². The van der Waals surface area contributed by atoms with Crippen LogP contribution in [0, 0.1) is 0 Å². The van der Waals surface area contributed by atoms with Crippen molar-refractivity contribution in [3.63, 3.8) is 0 Å². The van der Waals surface area contributed by atoms with E-state index >= 15 is 0 Å². The second-order valence-corrected chi connectivity index (χ2v) is 8.08. The summed E-state index contributed by atoms with van der Waals surface area (Å²) < 4.78 is 27.5. The molecule has 0 radical (unpaired) electrons. The molecule has 3 rings (SSSR count). The zero-order valence-electron chi connectivity index (χ0n) is 14.7. The smallest absolute Gasteiger partial charge is 0.275 e. The minimum Gasteiger partial charge on any atom is -0.507 e. The lowest BCUT2D eigenvalue weighted by molar-refractivity contribution is 0.0952. The van der Waals surface area contributed by atoms with Crippen LogP contribution >= 0.6 is 0 Å². The number of nitrogens with zero attached hydrogens (tertiary/aromatic N) is 1. The molecular formula is C19H21N3O4S. The van der Waals surface area contributed by atoms with Gasteiger partial charge < -0.3 is 5.11 Å². The Morgan fingerprint density at radius 1 is 1.07 bits per heavy atom. The van der Waals surface area contributed by atoms with E-state index in [1.54, 1.807) is 12.1 Å². The number of sulfonamides is 1. The van der Waals surface area contributed by atoms with Gasteiger partial charge in [-0.15, -0.1) is 0 Å². The van der Waals surface area contributed by atoms with Gasteiger partial charge in [0, 0.05) is 12.3 Å². The molecule has 0 saturated heterocycles. The molecule has 0 aliphatic heterocycles. The molecular weight excluding hydrogens is 366 g/mol. The zero-order chi connectivity index (χ0) is 19.3. The molecule has 27 heavy (non-hydrogen) atoms. The number of hydrogen-bond acceptors (Lipinski definition) is 5. The number of hydrogen-bond donors (Lipinski definition) is 3.